The molecule has 0 amide bonds. The molecule has 12 aromatic rings. The molecule has 0 radical (unpaired) electrons. The molecule has 12 rings (SSSR count). The van der Waals surface area contributed by atoms with E-state index in [2.05, 4.69) is 217 Å². The first kappa shape index (κ1) is 39.5. The van der Waals surface area contributed by atoms with Gasteiger partial charge in [-0.15, -0.1) is 0 Å². The first-order valence-electron chi connectivity index (χ1n) is 22.6. The van der Waals surface area contributed by atoms with Crippen LogP contribution in [0.4, 0.5) is 0 Å². The van der Waals surface area contributed by atoms with E-state index in [9.17, 15) is 0 Å². The third-order valence-electron chi connectivity index (χ3n) is 12.5. The van der Waals surface area contributed by atoms with Crippen molar-refractivity contribution in [3.8, 4) is 101 Å². The molecule has 0 bridgehead atoms. The van der Waals surface area contributed by atoms with E-state index < -0.39 is 0 Å². The van der Waals surface area contributed by atoms with Crippen LogP contribution < -0.4 is 0 Å². The van der Waals surface area contributed by atoms with Crippen molar-refractivity contribution in [3.05, 3.63) is 249 Å². The van der Waals surface area contributed by atoms with E-state index in [-0.39, 0.29) is 0 Å². The lowest BCUT2D eigenvalue weighted by Crippen LogP contribution is -2.00. The van der Waals surface area contributed by atoms with Gasteiger partial charge in [-0.05, 0) is 44.8 Å². The molecule has 0 fully saturated rings. The summed E-state index contributed by atoms with van der Waals surface area (Å²) in [5, 5.41) is 7.85. The number of hydrogen-bond acceptors (Lipinski definition) is 4. The predicted molar refractivity (Wildman–Crippen MR) is 275 cm³/mol. The van der Waals surface area contributed by atoms with Crippen molar-refractivity contribution < 1.29 is 0 Å². The summed E-state index contributed by atoms with van der Waals surface area (Å²) in [6.07, 6.45) is 0. The Morgan fingerprint density at radius 1 is 0.254 bits per heavy atom. The molecule has 0 aliphatic rings. The van der Waals surface area contributed by atoms with Crippen molar-refractivity contribution in [2.24, 2.45) is 0 Å². The van der Waals surface area contributed by atoms with E-state index in [1.165, 1.54) is 5.39 Å². The van der Waals surface area contributed by atoms with E-state index in [0.717, 1.165) is 94.6 Å². The third-order valence-corrected chi connectivity index (χ3v) is 12.5. The van der Waals surface area contributed by atoms with Crippen LogP contribution in [0.5, 0.6) is 0 Å². The Morgan fingerprint density at radius 2 is 0.627 bits per heavy atom. The minimum absolute atomic E-state index is 0.621. The van der Waals surface area contributed by atoms with Gasteiger partial charge < -0.3 is 0 Å². The Bertz CT molecular complexity index is 3680. The van der Waals surface area contributed by atoms with E-state index in [4.69, 9.17) is 20.1 Å². The van der Waals surface area contributed by atoms with Crippen LogP contribution in [0.15, 0.2) is 249 Å². The maximum Gasteiger partial charge on any atom is 0.164 e. The maximum absolute atomic E-state index is 5.53. The molecule has 3 aromatic heterocycles. The molecule has 0 atom stereocenters. The van der Waals surface area contributed by atoms with Crippen LogP contribution in [0, 0.1) is 0 Å². The Hall–Kier alpha value is -9.06. The lowest BCUT2D eigenvalue weighted by molar-refractivity contribution is 0.981. The van der Waals surface area contributed by atoms with E-state index in [0.29, 0.717) is 17.5 Å². The fourth-order valence-electron chi connectivity index (χ4n) is 9.26. The van der Waals surface area contributed by atoms with Crippen molar-refractivity contribution in [2.45, 2.75) is 0 Å². The average Bonchev–Trinajstić information content (AvgIpc) is 3.83. The zero-order valence-electron chi connectivity index (χ0n) is 36.4. The van der Waals surface area contributed by atoms with Gasteiger partial charge >= 0.3 is 0 Å². The highest BCUT2D eigenvalue weighted by molar-refractivity contribution is 6.15. The van der Waals surface area contributed by atoms with Crippen LogP contribution in [0.25, 0.3) is 117 Å². The number of hydrogen-bond donors (Lipinski definition) is 0. The summed E-state index contributed by atoms with van der Waals surface area (Å²) in [6, 6.07) is 87.0. The molecule has 0 aliphatic heterocycles. The lowest BCUT2D eigenvalue weighted by atomic mass is 9.90. The van der Waals surface area contributed by atoms with Crippen molar-refractivity contribution in [2.75, 3.05) is 0 Å². The lowest BCUT2D eigenvalue weighted by Gasteiger charge is -2.18. The molecular formula is C62H41N5. The van der Waals surface area contributed by atoms with Crippen LogP contribution >= 0.6 is 0 Å². The molecule has 0 N–H and O–H groups in total. The molecule has 0 unspecified atom stereocenters. The van der Waals surface area contributed by atoms with Crippen molar-refractivity contribution >= 4 is 16.3 Å². The van der Waals surface area contributed by atoms with Crippen molar-refractivity contribution in [1.82, 2.24) is 24.6 Å². The molecule has 0 saturated heterocycles. The fourth-order valence-corrected chi connectivity index (χ4v) is 9.26. The molecule has 314 valence electrons. The zero-order valence-corrected chi connectivity index (χ0v) is 36.4. The molecule has 0 saturated carbocycles. The van der Waals surface area contributed by atoms with Gasteiger partial charge in [0.2, 0.25) is 0 Å². The Balaban J connectivity index is 0.958. The average molecular weight is 856 g/mol. The largest absolute Gasteiger partial charge is 0.231 e. The molecule has 3 heterocycles. The molecule has 0 spiro atoms. The SMILES string of the molecule is c1ccc(-c2cccc(-c3nc(-c4ccccc4)nc(-c4ccc(-c5ccc(-c6c(-c7ccccc7)n7nc(-c8ccccc8)c(-c8ccccc8)c7c7ccccc67)cc5)cc4)n3)c2)cc1. The number of fused-ring (bicyclic) bond motifs is 3. The molecule has 5 heteroatoms. The number of nitrogens with zero attached hydrogens (tertiary/aromatic N) is 5. The van der Waals surface area contributed by atoms with Crippen LogP contribution in [-0.2, 0) is 0 Å². The number of aromatic nitrogens is 5. The summed E-state index contributed by atoms with van der Waals surface area (Å²) in [6.45, 7) is 0. The van der Waals surface area contributed by atoms with Gasteiger partial charge in [0.05, 0.1) is 11.2 Å². The van der Waals surface area contributed by atoms with Crippen LogP contribution in [-0.4, -0.2) is 24.6 Å². The Labute approximate surface area is 389 Å². The number of rotatable bonds is 9. The quantitative estimate of drug-likeness (QED) is 0.145. The van der Waals surface area contributed by atoms with Gasteiger partial charge in [-0.25, -0.2) is 19.5 Å². The van der Waals surface area contributed by atoms with E-state index >= 15 is 0 Å². The first-order chi connectivity index (χ1) is 33.2. The van der Waals surface area contributed by atoms with Crippen LogP contribution in [0.2, 0.25) is 0 Å². The fraction of sp³-hybridized carbons (Fsp3) is 0. The normalized spacial score (nSPS) is 11.3. The van der Waals surface area contributed by atoms with Crippen molar-refractivity contribution in [3.63, 3.8) is 0 Å². The molecule has 0 aliphatic carbocycles. The third kappa shape index (κ3) is 7.44. The molecule has 67 heavy (non-hydrogen) atoms. The first-order valence-corrected chi connectivity index (χ1v) is 22.6. The summed E-state index contributed by atoms with van der Waals surface area (Å²) < 4.78 is 2.19. The second kappa shape index (κ2) is 17.1. The van der Waals surface area contributed by atoms with Gasteiger partial charge in [-0.1, -0.05) is 243 Å². The minimum atomic E-state index is 0.621. The van der Waals surface area contributed by atoms with Gasteiger partial charge in [-0.3, -0.25) is 0 Å². The molecular weight excluding hydrogens is 815 g/mol. The zero-order chi connectivity index (χ0) is 44.5. The molecule has 9 aromatic carbocycles. The second-order valence-corrected chi connectivity index (χ2v) is 16.6. The highest BCUT2D eigenvalue weighted by Gasteiger charge is 2.25. The summed E-state index contributed by atoms with van der Waals surface area (Å²) in [7, 11) is 0. The van der Waals surface area contributed by atoms with Crippen LogP contribution in [0.1, 0.15) is 0 Å². The highest BCUT2D eigenvalue weighted by Crippen LogP contribution is 2.46. The monoisotopic (exact) mass is 855 g/mol. The summed E-state index contributed by atoms with van der Waals surface area (Å²) in [5.41, 5.74) is 17.0. The van der Waals surface area contributed by atoms with Gasteiger partial charge in [-0.2, -0.15) is 5.10 Å². The standard InChI is InChI=1S/C62H41N5/c1-6-19-42(20-7-1)51-29-18-30-52(41-51)62-64-60(49-27-14-5-15-28-49)63-61(65-62)50-39-35-44(36-40-50)43-33-37-46(38-34-43)55-53-31-16-17-32-54(53)59-56(45-21-8-2-9-22-45)57(47-23-10-3-11-24-47)66-67(59)58(55)48-25-12-4-13-26-48/h1-41H. The summed E-state index contributed by atoms with van der Waals surface area (Å²) >= 11 is 0. The number of benzene rings is 9. The Morgan fingerprint density at radius 3 is 1.21 bits per heavy atom. The highest BCUT2D eigenvalue weighted by atomic mass is 15.2. The van der Waals surface area contributed by atoms with E-state index in [1.807, 2.05) is 36.4 Å². The summed E-state index contributed by atoms with van der Waals surface area (Å²) in [5.74, 6) is 1.88. The van der Waals surface area contributed by atoms with Gasteiger partial charge in [0.25, 0.3) is 0 Å². The molecule has 5 nitrogen and oxygen atoms in total. The second-order valence-electron chi connectivity index (χ2n) is 16.6. The summed E-state index contributed by atoms with van der Waals surface area (Å²) in [4.78, 5) is 15.1. The van der Waals surface area contributed by atoms with Gasteiger partial charge in [0, 0.05) is 44.3 Å². The van der Waals surface area contributed by atoms with E-state index in [1.54, 1.807) is 0 Å². The number of pyridine rings is 1. The Kier molecular flexibility index (Phi) is 10.1. The smallest absolute Gasteiger partial charge is 0.164 e. The van der Waals surface area contributed by atoms with Crippen LogP contribution in [0.3, 0.4) is 0 Å². The predicted octanol–water partition coefficient (Wildman–Crippen LogP) is 15.7. The van der Waals surface area contributed by atoms with Gasteiger partial charge in [0.15, 0.2) is 17.5 Å². The van der Waals surface area contributed by atoms with Gasteiger partial charge in [0.1, 0.15) is 5.69 Å². The minimum Gasteiger partial charge on any atom is -0.231 e. The van der Waals surface area contributed by atoms with Crippen molar-refractivity contribution in [1.29, 1.82) is 0 Å². The maximum atomic E-state index is 5.53. The topological polar surface area (TPSA) is 56.0 Å².